The number of aromatic nitrogens is 2. The SMILES string of the molecule is CCC(CN)Cc1ccc(-c2ccc3c(c2)CC[C@H]([C@](C)(O/N=C(\C(=O)N[C@@H]2C(=O)N(OS(=O)(=O)O)C2(C)C)c2csc(N)n2)C(=O)O)O3)c[n+]1C. The Bertz CT molecular complexity index is 2010. The lowest BCUT2D eigenvalue weighted by atomic mass is 9.84. The standard InChI is InChI=1S/C33H41N7O10S2/c1-6-18(15-34)13-22-10-7-21(16-39(22)5)19-8-11-24-20(14-19)9-12-25(48-24)33(4,30(43)44)49-38-26(23-17-51-31(35)36-23)28(41)37-27-29(42)40(32(27,2)3)50-52(45,46)47/h7-8,10-11,14,16-18,25,27H,6,9,12-13,15,34H2,1-5H3,(H4-,35,36,37,41,43,44,45,46,47)/p+1/b38-26-/t18?,25-,27-,33+/m1/s1. The summed E-state index contributed by atoms with van der Waals surface area (Å²) in [5, 5.41) is 18.5. The number of hydrogen-bond acceptors (Lipinski definition) is 13. The predicted octanol–water partition coefficient (Wildman–Crippen LogP) is 1.54. The molecule has 4 atom stereocenters. The van der Waals surface area contributed by atoms with E-state index in [-0.39, 0.29) is 17.2 Å². The smallest absolute Gasteiger partial charge is 0.418 e. The van der Waals surface area contributed by atoms with Crippen molar-refractivity contribution in [2.45, 2.75) is 76.7 Å². The fraction of sp³-hybridized carbons (Fsp3) is 0.455. The minimum absolute atomic E-state index is 0.0669. The molecule has 1 fully saturated rings. The minimum Gasteiger partial charge on any atom is -0.485 e. The number of amides is 2. The van der Waals surface area contributed by atoms with E-state index in [1.165, 1.54) is 31.8 Å². The lowest BCUT2D eigenvalue weighted by Crippen LogP contribution is -2.76. The van der Waals surface area contributed by atoms with Gasteiger partial charge in [-0.3, -0.25) is 14.1 Å². The van der Waals surface area contributed by atoms with E-state index in [1.807, 2.05) is 19.2 Å². The molecule has 280 valence electrons. The van der Waals surface area contributed by atoms with Gasteiger partial charge < -0.3 is 31.5 Å². The number of anilines is 1. The molecule has 0 saturated carbocycles. The summed E-state index contributed by atoms with van der Waals surface area (Å²) in [7, 11) is -3.02. The second kappa shape index (κ2) is 14.7. The van der Waals surface area contributed by atoms with Crippen molar-refractivity contribution in [3.8, 4) is 16.9 Å². The first kappa shape index (κ1) is 38.5. The molecule has 1 aromatic carbocycles. The van der Waals surface area contributed by atoms with Crippen LogP contribution in [-0.4, -0.2) is 81.5 Å². The third kappa shape index (κ3) is 7.87. The molecule has 1 saturated heterocycles. The molecule has 4 heterocycles. The summed E-state index contributed by atoms with van der Waals surface area (Å²) in [6.45, 7) is 6.78. The maximum absolute atomic E-state index is 13.5. The topological polar surface area (TPSA) is 250 Å². The average Bonchev–Trinajstić information content (AvgIpc) is 3.53. The molecule has 0 spiro atoms. The van der Waals surface area contributed by atoms with Crippen LogP contribution in [0.15, 0.2) is 47.1 Å². The summed E-state index contributed by atoms with van der Waals surface area (Å²) < 4.78 is 44.0. The van der Waals surface area contributed by atoms with Crippen molar-refractivity contribution in [3.63, 3.8) is 0 Å². The highest BCUT2D eigenvalue weighted by Crippen LogP contribution is 2.37. The summed E-state index contributed by atoms with van der Waals surface area (Å²) in [6, 6.07) is 8.51. The summed E-state index contributed by atoms with van der Waals surface area (Å²) in [5.74, 6) is -2.53. The van der Waals surface area contributed by atoms with Gasteiger partial charge in [0.15, 0.2) is 28.8 Å². The highest BCUT2D eigenvalue weighted by Gasteiger charge is 2.58. The minimum atomic E-state index is -5.03. The number of hydroxylamine groups is 2. The number of thiazole rings is 1. The van der Waals surface area contributed by atoms with Crippen LogP contribution in [0.5, 0.6) is 5.75 Å². The van der Waals surface area contributed by atoms with E-state index in [0.717, 1.165) is 40.9 Å². The van der Waals surface area contributed by atoms with Gasteiger partial charge in [0.05, 0.1) is 5.54 Å². The van der Waals surface area contributed by atoms with Gasteiger partial charge in [0.25, 0.3) is 17.4 Å². The first-order chi connectivity index (χ1) is 24.4. The van der Waals surface area contributed by atoms with Gasteiger partial charge in [0.1, 0.15) is 24.5 Å². The fourth-order valence-electron chi connectivity index (χ4n) is 6.06. The highest BCUT2D eigenvalue weighted by molar-refractivity contribution is 7.80. The van der Waals surface area contributed by atoms with Crippen LogP contribution in [0.3, 0.4) is 0 Å². The number of fused-ring (bicyclic) bond motifs is 1. The van der Waals surface area contributed by atoms with E-state index >= 15 is 0 Å². The van der Waals surface area contributed by atoms with Gasteiger partial charge in [-0.1, -0.05) is 24.6 Å². The zero-order valence-corrected chi connectivity index (χ0v) is 30.9. The van der Waals surface area contributed by atoms with Crippen molar-refractivity contribution >= 4 is 50.4 Å². The fourth-order valence-corrected chi connectivity index (χ4v) is 7.06. The molecule has 2 aliphatic heterocycles. The van der Waals surface area contributed by atoms with Crippen LogP contribution < -0.4 is 26.1 Å². The quantitative estimate of drug-likeness (QED) is 0.0515. The van der Waals surface area contributed by atoms with Gasteiger partial charge in [-0.25, -0.2) is 14.3 Å². The molecule has 0 bridgehead atoms. The van der Waals surface area contributed by atoms with Crippen molar-refractivity contribution in [2.75, 3.05) is 12.3 Å². The van der Waals surface area contributed by atoms with Gasteiger partial charge in [0, 0.05) is 23.4 Å². The summed E-state index contributed by atoms with van der Waals surface area (Å²) >= 11 is 0.974. The van der Waals surface area contributed by atoms with Crippen molar-refractivity contribution in [3.05, 3.63) is 58.9 Å². The number of oxime groups is 1. The van der Waals surface area contributed by atoms with Crippen molar-refractivity contribution in [1.29, 1.82) is 0 Å². The number of nitrogens with one attached hydrogen (secondary N) is 1. The zero-order valence-electron chi connectivity index (χ0n) is 29.2. The molecular formula is C33H42N7O10S2+. The number of aryl methyl sites for hydroxylation is 2. The Labute approximate surface area is 304 Å². The maximum atomic E-state index is 13.5. The van der Waals surface area contributed by atoms with E-state index in [0.29, 0.717) is 29.7 Å². The molecule has 52 heavy (non-hydrogen) atoms. The number of hydrogen-bond donors (Lipinski definition) is 5. The Balaban J connectivity index is 1.35. The number of carboxylic acid groups (broad SMARTS) is 1. The summed E-state index contributed by atoms with van der Waals surface area (Å²) in [5.41, 5.74) is 11.6. The third-order valence-corrected chi connectivity index (χ3v) is 10.5. The molecule has 5 rings (SSSR count). The molecule has 17 nitrogen and oxygen atoms in total. The van der Waals surface area contributed by atoms with E-state index in [2.05, 4.69) is 49.6 Å². The molecule has 7 N–H and O–H groups in total. The monoisotopic (exact) mass is 760 g/mol. The lowest BCUT2D eigenvalue weighted by molar-refractivity contribution is -0.679. The van der Waals surface area contributed by atoms with Crippen LogP contribution in [0.1, 0.15) is 57.5 Å². The Morgan fingerprint density at radius 3 is 2.58 bits per heavy atom. The number of aliphatic carboxylic acids is 1. The van der Waals surface area contributed by atoms with Crippen LogP contribution in [0.25, 0.3) is 11.1 Å². The zero-order chi connectivity index (χ0) is 38.2. The number of carboxylic acids is 1. The first-order valence-electron chi connectivity index (χ1n) is 16.4. The molecule has 2 aliphatic rings. The maximum Gasteiger partial charge on any atom is 0.418 e. The van der Waals surface area contributed by atoms with E-state index in [4.69, 9.17) is 25.6 Å². The Kier molecular flexibility index (Phi) is 10.9. The predicted molar refractivity (Wildman–Crippen MR) is 188 cm³/mol. The summed E-state index contributed by atoms with van der Waals surface area (Å²) in [4.78, 5) is 48.6. The number of pyridine rings is 1. The number of rotatable bonds is 14. The van der Waals surface area contributed by atoms with Crippen LogP contribution in [-0.2, 0) is 53.8 Å². The van der Waals surface area contributed by atoms with E-state index < -0.39 is 57.2 Å². The Morgan fingerprint density at radius 2 is 2.00 bits per heavy atom. The second-order valence-electron chi connectivity index (χ2n) is 13.4. The molecule has 2 aromatic heterocycles. The number of nitrogen functional groups attached to an aromatic ring is 1. The van der Waals surface area contributed by atoms with Gasteiger partial charge in [0.2, 0.25) is 0 Å². The van der Waals surface area contributed by atoms with Crippen LogP contribution in [0.4, 0.5) is 5.13 Å². The van der Waals surface area contributed by atoms with E-state index in [9.17, 15) is 27.9 Å². The molecule has 2 amide bonds. The Morgan fingerprint density at radius 1 is 1.29 bits per heavy atom. The molecule has 3 aromatic rings. The van der Waals surface area contributed by atoms with Crippen LogP contribution >= 0.6 is 11.3 Å². The van der Waals surface area contributed by atoms with Crippen molar-refractivity contribution in [2.24, 2.45) is 23.9 Å². The normalized spacial score (nSPS) is 20.2. The van der Waals surface area contributed by atoms with Gasteiger partial charge in [-0.15, -0.1) is 15.6 Å². The molecule has 0 radical (unpaired) electrons. The number of β-lactam (4-membered cyclic amide) rings is 1. The number of benzene rings is 1. The Hall–Kier alpha value is -4.69. The second-order valence-corrected chi connectivity index (χ2v) is 15.3. The van der Waals surface area contributed by atoms with Gasteiger partial charge in [-0.2, -0.15) is 13.5 Å². The van der Waals surface area contributed by atoms with Crippen LogP contribution in [0.2, 0.25) is 0 Å². The highest BCUT2D eigenvalue weighted by atomic mass is 32.3. The van der Waals surface area contributed by atoms with Gasteiger partial charge >= 0.3 is 16.4 Å². The first-order valence-corrected chi connectivity index (χ1v) is 18.6. The summed E-state index contributed by atoms with van der Waals surface area (Å²) in [6.07, 6.45) is 3.60. The largest absolute Gasteiger partial charge is 0.485 e. The number of carbonyl (C=O) groups is 3. The number of nitrogens with two attached hydrogens (primary N) is 2. The number of ether oxygens (including phenoxy) is 1. The number of nitrogens with zero attached hydrogens (tertiary/aromatic N) is 4. The van der Waals surface area contributed by atoms with Crippen molar-refractivity contribution < 1.29 is 50.9 Å². The molecule has 19 heteroatoms. The van der Waals surface area contributed by atoms with Gasteiger partial charge in [-0.05, 0) is 75.4 Å². The molecular weight excluding hydrogens is 719 g/mol. The molecule has 1 unspecified atom stereocenters. The average molecular weight is 761 g/mol. The lowest BCUT2D eigenvalue weighted by Gasteiger charge is -2.50. The van der Waals surface area contributed by atoms with E-state index in [1.54, 1.807) is 6.07 Å². The molecule has 0 aliphatic carbocycles. The third-order valence-electron chi connectivity index (χ3n) is 9.45. The van der Waals surface area contributed by atoms with Crippen molar-refractivity contribution in [1.82, 2.24) is 15.4 Å². The van der Waals surface area contributed by atoms with Crippen LogP contribution in [0, 0.1) is 5.92 Å². The number of carbonyl (C=O) groups excluding carboxylic acids is 2.